The second kappa shape index (κ2) is 5.52. The number of nitrogens with one attached hydrogen (secondary N) is 1. The van der Waals surface area contributed by atoms with E-state index in [1.54, 1.807) is 7.11 Å². The zero-order valence-electron chi connectivity index (χ0n) is 10.9. The first-order valence-corrected chi connectivity index (χ1v) is 6.27. The third kappa shape index (κ3) is 3.20. The van der Waals surface area contributed by atoms with Gasteiger partial charge in [-0.3, -0.25) is 0 Å². The standard InChI is InChI=1S/C14H22N2O/c1-11(15-13-7-8-16(2)10-13)12-5-4-6-14(9-12)17-3/h4-6,9,11,13,15H,7-8,10H2,1-3H3/t11-,13?/m0/s1. The van der Waals surface area contributed by atoms with Crippen molar-refractivity contribution < 1.29 is 4.74 Å². The van der Waals surface area contributed by atoms with E-state index in [9.17, 15) is 0 Å². The summed E-state index contributed by atoms with van der Waals surface area (Å²) in [4.78, 5) is 2.37. The third-order valence-corrected chi connectivity index (χ3v) is 3.47. The molecule has 1 unspecified atom stereocenters. The smallest absolute Gasteiger partial charge is 0.119 e. The van der Waals surface area contributed by atoms with Crippen LogP contribution in [0.5, 0.6) is 5.75 Å². The molecular formula is C14H22N2O. The number of likely N-dealkylation sites (N-methyl/N-ethyl adjacent to an activating group) is 1. The number of likely N-dealkylation sites (tertiary alicyclic amines) is 1. The van der Waals surface area contributed by atoms with Gasteiger partial charge in [0.1, 0.15) is 5.75 Å². The Kier molecular flexibility index (Phi) is 4.02. The van der Waals surface area contributed by atoms with Crippen LogP contribution < -0.4 is 10.1 Å². The first-order valence-electron chi connectivity index (χ1n) is 6.27. The Hall–Kier alpha value is -1.06. The fourth-order valence-corrected chi connectivity index (χ4v) is 2.43. The molecular weight excluding hydrogens is 212 g/mol. The Morgan fingerprint density at radius 3 is 2.94 bits per heavy atom. The van der Waals surface area contributed by atoms with Crippen LogP contribution in [0.2, 0.25) is 0 Å². The molecule has 0 aliphatic carbocycles. The van der Waals surface area contributed by atoms with Gasteiger partial charge in [0.15, 0.2) is 0 Å². The van der Waals surface area contributed by atoms with E-state index in [0.29, 0.717) is 12.1 Å². The molecule has 1 aromatic carbocycles. The molecule has 1 heterocycles. The van der Waals surface area contributed by atoms with Crippen molar-refractivity contribution in [1.82, 2.24) is 10.2 Å². The molecule has 0 spiro atoms. The van der Waals surface area contributed by atoms with Gasteiger partial charge >= 0.3 is 0 Å². The van der Waals surface area contributed by atoms with Crippen LogP contribution in [0.3, 0.4) is 0 Å². The summed E-state index contributed by atoms with van der Waals surface area (Å²) in [7, 11) is 3.89. The van der Waals surface area contributed by atoms with Crippen molar-refractivity contribution in [3.8, 4) is 5.75 Å². The van der Waals surface area contributed by atoms with E-state index in [0.717, 1.165) is 12.3 Å². The monoisotopic (exact) mass is 234 g/mol. The summed E-state index contributed by atoms with van der Waals surface area (Å²) in [6.45, 7) is 4.56. The van der Waals surface area contributed by atoms with Gasteiger partial charge in [0.05, 0.1) is 7.11 Å². The summed E-state index contributed by atoms with van der Waals surface area (Å²) in [5, 5.41) is 3.68. The number of nitrogens with zero attached hydrogens (tertiary/aromatic N) is 1. The number of methoxy groups -OCH3 is 1. The molecule has 0 saturated carbocycles. The highest BCUT2D eigenvalue weighted by atomic mass is 16.5. The highest BCUT2D eigenvalue weighted by molar-refractivity contribution is 5.30. The van der Waals surface area contributed by atoms with Crippen molar-refractivity contribution in [3.63, 3.8) is 0 Å². The molecule has 2 atom stereocenters. The van der Waals surface area contributed by atoms with E-state index in [1.807, 2.05) is 12.1 Å². The van der Waals surface area contributed by atoms with Crippen molar-refractivity contribution in [2.75, 3.05) is 27.2 Å². The molecule has 1 aliphatic heterocycles. The van der Waals surface area contributed by atoms with Gasteiger partial charge in [0.25, 0.3) is 0 Å². The van der Waals surface area contributed by atoms with Crippen molar-refractivity contribution in [3.05, 3.63) is 29.8 Å². The number of benzene rings is 1. The number of rotatable bonds is 4. The van der Waals surface area contributed by atoms with E-state index < -0.39 is 0 Å². The van der Waals surface area contributed by atoms with E-state index in [1.165, 1.54) is 18.5 Å². The van der Waals surface area contributed by atoms with E-state index in [2.05, 4.69) is 36.3 Å². The van der Waals surface area contributed by atoms with Gasteiger partial charge in [-0.1, -0.05) is 12.1 Å². The second-order valence-corrected chi connectivity index (χ2v) is 4.91. The molecule has 1 aromatic rings. The summed E-state index contributed by atoms with van der Waals surface area (Å²) in [6.07, 6.45) is 1.24. The van der Waals surface area contributed by atoms with Crippen molar-refractivity contribution in [2.45, 2.75) is 25.4 Å². The molecule has 17 heavy (non-hydrogen) atoms. The van der Waals surface area contributed by atoms with Gasteiger partial charge in [-0.2, -0.15) is 0 Å². The molecule has 0 radical (unpaired) electrons. The Balaban J connectivity index is 1.96. The molecule has 0 amide bonds. The third-order valence-electron chi connectivity index (χ3n) is 3.47. The number of hydrogen-bond donors (Lipinski definition) is 1. The van der Waals surface area contributed by atoms with Gasteiger partial charge in [0.2, 0.25) is 0 Å². The minimum absolute atomic E-state index is 0.376. The van der Waals surface area contributed by atoms with Crippen molar-refractivity contribution >= 4 is 0 Å². The highest BCUT2D eigenvalue weighted by Crippen LogP contribution is 2.20. The van der Waals surface area contributed by atoms with Crippen LogP contribution in [0.15, 0.2) is 24.3 Å². The minimum atomic E-state index is 0.376. The van der Waals surface area contributed by atoms with Crippen LogP contribution in [-0.4, -0.2) is 38.2 Å². The number of ether oxygens (including phenoxy) is 1. The van der Waals surface area contributed by atoms with Gasteiger partial charge in [0, 0.05) is 18.6 Å². The SMILES string of the molecule is COc1cccc([C@H](C)NC2CCN(C)C2)c1. The van der Waals surface area contributed by atoms with E-state index in [-0.39, 0.29) is 0 Å². The first-order chi connectivity index (χ1) is 8.19. The van der Waals surface area contributed by atoms with Crippen molar-refractivity contribution in [1.29, 1.82) is 0 Å². The Morgan fingerprint density at radius 2 is 2.29 bits per heavy atom. The molecule has 1 N–H and O–H groups in total. The molecule has 1 saturated heterocycles. The summed E-state index contributed by atoms with van der Waals surface area (Å²) in [6, 6.07) is 9.28. The number of hydrogen-bond acceptors (Lipinski definition) is 3. The molecule has 0 bridgehead atoms. The Labute approximate surface area is 104 Å². The quantitative estimate of drug-likeness (QED) is 0.863. The normalized spacial score (nSPS) is 22.6. The van der Waals surface area contributed by atoms with Gasteiger partial charge in [-0.25, -0.2) is 0 Å². The predicted octanol–water partition coefficient (Wildman–Crippen LogP) is 2.05. The molecule has 1 aliphatic rings. The predicted molar refractivity (Wildman–Crippen MR) is 70.4 cm³/mol. The van der Waals surface area contributed by atoms with E-state index in [4.69, 9.17) is 4.74 Å². The molecule has 3 nitrogen and oxygen atoms in total. The lowest BCUT2D eigenvalue weighted by Crippen LogP contribution is -2.33. The summed E-state index contributed by atoms with van der Waals surface area (Å²) >= 11 is 0. The molecule has 2 rings (SSSR count). The highest BCUT2D eigenvalue weighted by Gasteiger charge is 2.21. The average Bonchev–Trinajstić information content (AvgIpc) is 2.75. The maximum Gasteiger partial charge on any atom is 0.119 e. The van der Waals surface area contributed by atoms with Crippen LogP contribution in [0, 0.1) is 0 Å². The zero-order chi connectivity index (χ0) is 12.3. The van der Waals surface area contributed by atoms with Crippen LogP contribution in [0.4, 0.5) is 0 Å². The second-order valence-electron chi connectivity index (χ2n) is 4.91. The molecule has 3 heteroatoms. The van der Waals surface area contributed by atoms with Gasteiger partial charge < -0.3 is 15.0 Å². The lowest BCUT2D eigenvalue weighted by Gasteiger charge is -2.20. The summed E-state index contributed by atoms with van der Waals surface area (Å²) in [5.74, 6) is 0.930. The fraction of sp³-hybridized carbons (Fsp3) is 0.571. The zero-order valence-corrected chi connectivity index (χ0v) is 10.9. The summed E-state index contributed by atoms with van der Waals surface area (Å²) < 4.78 is 5.26. The lowest BCUT2D eigenvalue weighted by molar-refractivity contribution is 0.386. The van der Waals surface area contributed by atoms with Gasteiger partial charge in [-0.15, -0.1) is 0 Å². The molecule has 1 fully saturated rings. The topological polar surface area (TPSA) is 24.5 Å². The van der Waals surface area contributed by atoms with Gasteiger partial charge in [-0.05, 0) is 44.6 Å². The van der Waals surface area contributed by atoms with E-state index >= 15 is 0 Å². The molecule has 0 aromatic heterocycles. The largest absolute Gasteiger partial charge is 0.497 e. The average molecular weight is 234 g/mol. The van der Waals surface area contributed by atoms with Crippen LogP contribution in [0.1, 0.15) is 24.9 Å². The maximum atomic E-state index is 5.26. The first kappa shape index (κ1) is 12.4. The maximum absolute atomic E-state index is 5.26. The minimum Gasteiger partial charge on any atom is -0.497 e. The van der Waals surface area contributed by atoms with Crippen molar-refractivity contribution in [2.24, 2.45) is 0 Å². The molecule has 94 valence electrons. The Bertz CT molecular complexity index is 367. The summed E-state index contributed by atoms with van der Waals surface area (Å²) in [5.41, 5.74) is 1.29. The fourth-order valence-electron chi connectivity index (χ4n) is 2.43. The van der Waals surface area contributed by atoms with Crippen LogP contribution in [0.25, 0.3) is 0 Å². The Morgan fingerprint density at radius 1 is 1.47 bits per heavy atom. The van der Waals surface area contributed by atoms with Crippen LogP contribution >= 0.6 is 0 Å². The van der Waals surface area contributed by atoms with Crippen LogP contribution in [-0.2, 0) is 0 Å². The lowest BCUT2D eigenvalue weighted by atomic mass is 10.1.